The number of carbonyl (C=O) groups is 2. The fraction of sp³-hybridized carbons (Fsp3) is 0.529. The van der Waals surface area contributed by atoms with E-state index >= 15 is 0 Å². The molecule has 3 rings (SSSR count). The van der Waals surface area contributed by atoms with E-state index in [0.29, 0.717) is 43.6 Å². The second-order valence-corrected chi connectivity index (χ2v) is 6.87. The highest BCUT2D eigenvalue weighted by atomic mass is 35.5. The Kier molecular flexibility index (Phi) is 5.78. The standard InChI is InChI=1S/C17H21ClN2O5/c18-13-2-1-3-15(4-13)25-11-16(21)20-6-12-5-19(8-17(22)23)7-14(20)10-24-9-12/h1-4,12,14H,5-11H2,(H,22,23)/t12-,14-/m0/s1. The molecule has 7 nitrogen and oxygen atoms in total. The lowest BCUT2D eigenvalue weighted by Gasteiger charge is -2.30. The summed E-state index contributed by atoms with van der Waals surface area (Å²) in [4.78, 5) is 27.3. The van der Waals surface area contributed by atoms with Crippen LogP contribution in [0.15, 0.2) is 24.3 Å². The van der Waals surface area contributed by atoms with Crippen LogP contribution in [0.5, 0.6) is 5.75 Å². The summed E-state index contributed by atoms with van der Waals surface area (Å²) < 4.78 is 11.2. The molecule has 1 amide bonds. The molecule has 0 aromatic heterocycles. The van der Waals surface area contributed by atoms with Crippen molar-refractivity contribution in [1.82, 2.24) is 9.80 Å². The Morgan fingerprint density at radius 3 is 2.88 bits per heavy atom. The van der Waals surface area contributed by atoms with E-state index in [9.17, 15) is 9.59 Å². The molecular weight excluding hydrogens is 348 g/mol. The Hall–Kier alpha value is -1.83. The number of rotatable bonds is 5. The summed E-state index contributed by atoms with van der Waals surface area (Å²) in [5.74, 6) is -0.343. The third-order valence-electron chi connectivity index (χ3n) is 4.38. The van der Waals surface area contributed by atoms with Crippen LogP contribution in [0.4, 0.5) is 0 Å². The molecule has 2 fully saturated rings. The van der Waals surface area contributed by atoms with Crippen molar-refractivity contribution in [3.63, 3.8) is 0 Å². The molecule has 0 radical (unpaired) electrons. The highest BCUT2D eigenvalue weighted by molar-refractivity contribution is 6.30. The summed E-state index contributed by atoms with van der Waals surface area (Å²) in [7, 11) is 0. The highest BCUT2D eigenvalue weighted by Gasteiger charge is 2.36. The Labute approximate surface area is 151 Å². The molecule has 25 heavy (non-hydrogen) atoms. The molecule has 2 aliphatic rings. The zero-order valence-electron chi connectivity index (χ0n) is 13.8. The van der Waals surface area contributed by atoms with Crippen LogP contribution < -0.4 is 4.74 Å². The molecule has 2 aliphatic heterocycles. The van der Waals surface area contributed by atoms with E-state index in [0.717, 1.165) is 0 Å². The SMILES string of the molecule is O=C(O)CN1C[C@@H]2COC[C@H](C1)N(C(=O)COc1cccc(Cl)c1)C2. The minimum atomic E-state index is -0.858. The van der Waals surface area contributed by atoms with Crippen LogP contribution in [-0.2, 0) is 14.3 Å². The molecule has 2 atom stereocenters. The topological polar surface area (TPSA) is 79.3 Å². The number of carboxylic acids is 1. The number of benzene rings is 1. The summed E-state index contributed by atoms with van der Waals surface area (Å²) in [6.07, 6.45) is 0. The van der Waals surface area contributed by atoms with Crippen LogP contribution in [0.2, 0.25) is 5.02 Å². The van der Waals surface area contributed by atoms with Gasteiger partial charge in [0.1, 0.15) is 5.75 Å². The first kappa shape index (κ1) is 18.0. The molecule has 1 aromatic rings. The van der Waals surface area contributed by atoms with Crippen molar-refractivity contribution in [2.24, 2.45) is 5.92 Å². The van der Waals surface area contributed by atoms with Crippen LogP contribution in [0, 0.1) is 5.92 Å². The average Bonchev–Trinajstić information content (AvgIpc) is 2.83. The predicted octanol–water partition coefficient (Wildman–Crippen LogP) is 0.963. The normalized spacial score (nSPS) is 23.8. The van der Waals surface area contributed by atoms with Crippen LogP contribution in [0.3, 0.4) is 0 Å². The zero-order valence-corrected chi connectivity index (χ0v) is 14.5. The smallest absolute Gasteiger partial charge is 0.317 e. The maximum Gasteiger partial charge on any atom is 0.317 e. The van der Waals surface area contributed by atoms with Crippen molar-refractivity contribution in [3.8, 4) is 5.75 Å². The van der Waals surface area contributed by atoms with Crippen LogP contribution >= 0.6 is 11.6 Å². The van der Waals surface area contributed by atoms with E-state index in [4.69, 9.17) is 26.2 Å². The lowest BCUT2D eigenvalue weighted by Crippen LogP contribution is -2.48. The molecule has 2 saturated heterocycles. The maximum atomic E-state index is 12.7. The van der Waals surface area contributed by atoms with Gasteiger partial charge in [0.05, 0.1) is 25.8 Å². The minimum absolute atomic E-state index is 0.0198. The van der Waals surface area contributed by atoms with E-state index in [1.54, 1.807) is 29.2 Å². The van der Waals surface area contributed by atoms with Gasteiger partial charge in [-0.1, -0.05) is 17.7 Å². The van der Waals surface area contributed by atoms with Crippen LogP contribution in [0.1, 0.15) is 0 Å². The van der Waals surface area contributed by atoms with E-state index in [1.807, 2.05) is 4.90 Å². The number of ether oxygens (including phenoxy) is 2. The lowest BCUT2D eigenvalue weighted by atomic mass is 10.1. The maximum absolute atomic E-state index is 12.7. The van der Waals surface area contributed by atoms with Gasteiger partial charge < -0.3 is 19.5 Å². The van der Waals surface area contributed by atoms with Gasteiger partial charge in [-0.25, -0.2) is 0 Å². The van der Waals surface area contributed by atoms with Gasteiger partial charge in [0, 0.05) is 30.6 Å². The van der Waals surface area contributed by atoms with Crippen LogP contribution in [-0.4, -0.2) is 78.8 Å². The van der Waals surface area contributed by atoms with Crippen molar-refractivity contribution in [2.45, 2.75) is 6.04 Å². The molecule has 2 bridgehead atoms. The quantitative estimate of drug-likeness (QED) is 0.834. The van der Waals surface area contributed by atoms with Crippen molar-refractivity contribution < 1.29 is 24.2 Å². The van der Waals surface area contributed by atoms with Gasteiger partial charge in [-0.15, -0.1) is 0 Å². The summed E-state index contributed by atoms with van der Waals surface area (Å²) >= 11 is 5.92. The van der Waals surface area contributed by atoms with Gasteiger partial charge in [-0.3, -0.25) is 14.5 Å². The predicted molar refractivity (Wildman–Crippen MR) is 90.8 cm³/mol. The Balaban J connectivity index is 1.64. The Morgan fingerprint density at radius 1 is 1.28 bits per heavy atom. The highest BCUT2D eigenvalue weighted by Crippen LogP contribution is 2.21. The first-order chi connectivity index (χ1) is 12.0. The Bertz CT molecular complexity index is 641. The second-order valence-electron chi connectivity index (χ2n) is 6.44. The van der Waals surface area contributed by atoms with Gasteiger partial charge in [0.15, 0.2) is 6.61 Å². The molecule has 0 unspecified atom stereocenters. The summed E-state index contributed by atoms with van der Waals surface area (Å²) in [6, 6.07) is 6.74. The molecule has 1 N–H and O–H groups in total. The third-order valence-corrected chi connectivity index (χ3v) is 4.62. The number of hydrogen-bond acceptors (Lipinski definition) is 5. The molecule has 0 saturated carbocycles. The average molecular weight is 369 g/mol. The van der Waals surface area contributed by atoms with Gasteiger partial charge in [-0.05, 0) is 18.2 Å². The van der Waals surface area contributed by atoms with Gasteiger partial charge in [0.2, 0.25) is 0 Å². The summed E-state index contributed by atoms with van der Waals surface area (Å²) in [5, 5.41) is 9.59. The fourth-order valence-corrected chi connectivity index (χ4v) is 3.53. The molecular formula is C17H21ClN2O5. The van der Waals surface area contributed by atoms with Crippen molar-refractivity contribution >= 4 is 23.5 Å². The first-order valence-electron chi connectivity index (χ1n) is 8.21. The largest absolute Gasteiger partial charge is 0.484 e. The molecule has 0 aliphatic carbocycles. The monoisotopic (exact) mass is 368 g/mol. The number of carboxylic acid groups (broad SMARTS) is 1. The van der Waals surface area contributed by atoms with Gasteiger partial charge in [0.25, 0.3) is 5.91 Å². The summed E-state index contributed by atoms with van der Waals surface area (Å²) in [6.45, 7) is 2.50. The number of hydrogen-bond donors (Lipinski definition) is 1. The van der Waals surface area contributed by atoms with Gasteiger partial charge >= 0.3 is 5.97 Å². The molecule has 2 heterocycles. The van der Waals surface area contributed by atoms with Crippen molar-refractivity contribution in [2.75, 3.05) is 46.0 Å². The molecule has 1 aromatic carbocycles. The number of carbonyl (C=O) groups excluding carboxylic acids is 1. The fourth-order valence-electron chi connectivity index (χ4n) is 3.35. The van der Waals surface area contributed by atoms with E-state index in [-0.39, 0.29) is 31.0 Å². The second kappa shape index (κ2) is 8.03. The first-order valence-corrected chi connectivity index (χ1v) is 8.59. The number of nitrogens with zero attached hydrogens (tertiary/aromatic N) is 2. The number of aliphatic carboxylic acids is 1. The molecule has 8 heteroatoms. The van der Waals surface area contributed by atoms with Crippen molar-refractivity contribution in [1.29, 1.82) is 0 Å². The minimum Gasteiger partial charge on any atom is -0.484 e. The zero-order chi connectivity index (χ0) is 17.8. The number of halogens is 1. The Morgan fingerprint density at radius 2 is 2.12 bits per heavy atom. The number of fused-ring (bicyclic) bond motifs is 3. The van der Waals surface area contributed by atoms with E-state index in [1.165, 1.54) is 0 Å². The van der Waals surface area contributed by atoms with Gasteiger partial charge in [-0.2, -0.15) is 0 Å². The van der Waals surface area contributed by atoms with E-state index < -0.39 is 5.97 Å². The van der Waals surface area contributed by atoms with Crippen molar-refractivity contribution in [3.05, 3.63) is 29.3 Å². The molecule has 0 spiro atoms. The number of amides is 1. The van der Waals surface area contributed by atoms with E-state index in [2.05, 4.69) is 0 Å². The summed E-state index contributed by atoms with van der Waals surface area (Å²) in [5.41, 5.74) is 0. The molecule has 136 valence electrons. The van der Waals surface area contributed by atoms with Crippen LogP contribution in [0.25, 0.3) is 0 Å². The lowest BCUT2D eigenvalue weighted by molar-refractivity contribution is -0.138. The third kappa shape index (κ3) is 4.84.